The van der Waals surface area contributed by atoms with Crippen molar-refractivity contribution in [3.63, 3.8) is 0 Å². The standard InChI is InChI=1S/C19H30N4O3S/c1-14-15(2)27-19-17(14)18(20-5-4-8-25-12-11-24-3)21-16(22-19)13-23-6-9-26-10-7-23/h4-13H2,1-3H3,(H,20,21,22). The molecule has 0 aromatic carbocycles. The second-order valence-corrected chi connectivity index (χ2v) is 7.93. The molecule has 0 unspecified atom stereocenters. The smallest absolute Gasteiger partial charge is 0.146 e. The Morgan fingerprint density at radius 2 is 1.96 bits per heavy atom. The molecule has 150 valence electrons. The minimum atomic E-state index is 0.637. The molecular weight excluding hydrogens is 364 g/mol. The maximum atomic E-state index is 5.54. The Labute approximate surface area is 165 Å². The number of thiophene rings is 1. The van der Waals surface area contributed by atoms with E-state index in [1.165, 1.54) is 10.4 Å². The van der Waals surface area contributed by atoms with Crippen LogP contribution in [0.4, 0.5) is 5.82 Å². The molecule has 7 nitrogen and oxygen atoms in total. The monoisotopic (exact) mass is 394 g/mol. The summed E-state index contributed by atoms with van der Waals surface area (Å²) in [6, 6.07) is 0. The third-order valence-electron chi connectivity index (χ3n) is 4.73. The minimum absolute atomic E-state index is 0.637. The summed E-state index contributed by atoms with van der Waals surface area (Å²) in [5, 5.41) is 4.67. The number of methoxy groups -OCH3 is 1. The van der Waals surface area contributed by atoms with Crippen molar-refractivity contribution in [3.05, 3.63) is 16.3 Å². The first-order valence-electron chi connectivity index (χ1n) is 9.56. The molecule has 8 heteroatoms. The third-order valence-corrected chi connectivity index (χ3v) is 5.83. The van der Waals surface area contributed by atoms with Crippen LogP contribution in [0.1, 0.15) is 22.7 Å². The molecule has 27 heavy (non-hydrogen) atoms. The molecule has 1 saturated heterocycles. The van der Waals surface area contributed by atoms with Crippen LogP contribution in [-0.4, -0.2) is 74.6 Å². The number of aryl methyl sites for hydroxylation is 2. The Hall–Kier alpha value is -1.32. The molecule has 0 radical (unpaired) electrons. The van der Waals surface area contributed by atoms with Gasteiger partial charge in [0.25, 0.3) is 0 Å². The highest BCUT2D eigenvalue weighted by molar-refractivity contribution is 7.18. The lowest BCUT2D eigenvalue weighted by Gasteiger charge is -2.25. The summed E-state index contributed by atoms with van der Waals surface area (Å²) >= 11 is 1.75. The quantitative estimate of drug-likeness (QED) is 0.621. The SMILES string of the molecule is COCCOCCCNc1nc(CN2CCOCC2)nc2sc(C)c(C)c12. The predicted molar refractivity (Wildman–Crippen MR) is 109 cm³/mol. The van der Waals surface area contributed by atoms with E-state index >= 15 is 0 Å². The summed E-state index contributed by atoms with van der Waals surface area (Å²) < 4.78 is 16.0. The second kappa shape index (κ2) is 10.3. The maximum Gasteiger partial charge on any atom is 0.146 e. The van der Waals surface area contributed by atoms with Gasteiger partial charge in [0.1, 0.15) is 16.5 Å². The van der Waals surface area contributed by atoms with E-state index in [1.807, 2.05) is 0 Å². The molecule has 0 aliphatic carbocycles. The summed E-state index contributed by atoms with van der Waals surface area (Å²) in [5.74, 6) is 1.83. The topological polar surface area (TPSA) is 68.7 Å². The Morgan fingerprint density at radius 1 is 1.15 bits per heavy atom. The number of nitrogens with zero attached hydrogens (tertiary/aromatic N) is 3. The van der Waals surface area contributed by atoms with E-state index in [2.05, 4.69) is 24.1 Å². The molecular formula is C19H30N4O3S. The van der Waals surface area contributed by atoms with Crippen molar-refractivity contribution in [3.8, 4) is 0 Å². The van der Waals surface area contributed by atoms with Crippen molar-refractivity contribution < 1.29 is 14.2 Å². The first kappa shape index (κ1) is 20.4. The lowest BCUT2D eigenvalue weighted by Crippen LogP contribution is -2.36. The number of nitrogens with one attached hydrogen (secondary N) is 1. The molecule has 3 heterocycles. The van der Waals surface area contributed by atoms with Crippen LogP contribution >= 0.6 is 11.3 Å². The van der Waals surface area contributed by atoms with Gasteiger partial charge in [-0.1, -0.05) is 0 Å². The second-order valence-electron chi connectivity index (χ2n) is 6.73. The van der Waals surface area contributed by atoms with Gasteiger partial charge in [-0.3, -0.25) is 4.90 Å². The average molecular weight is 395 g/mol. The van der Waals surface area contributed by atoms with Crippen LogP contribution in [0.5, 0.6) is 0 Å². The van der Waals surface area contributed by atoms with E-state index < -0.39 is 0 Å². The number of hydrogen-bond acceptors (Lipinski definition) is 8. The molecule has 0 spiro atoms. The molecule has 1 aliphatic rings. The maximum absolute atomic E-state index is 5.54. The van der Waals surface area contributed by atoms with Gasteiger partial charge in [-0.25, -0.2) is 9.97 Å². The van der Waals surface area contributed by atoms with E-state index in [1.54, 1.807) is 18.4 Å². The Kier molecular flexibility index (Phi) is 7.78. The highest BCUT2D eigenvalue weighted by Gasteiger charge is 2.17. The normalized spacial score (nSPS) is 15.5. The predicted octanol–water partition coefficient (Wildman–Crippen LogP) is 2.61. The molecule has 0 amide bonds. The molecule has 2 aromatic heterocycles. The molecule has 1 fully saturated rings. The molecule has 2 aromatic rings. The number of rotatable bonds is 10. The number of aromatic nitrogens is 2. The van der Waals surface area contributed by atoms with E-state index in [0.717, 1.165) is 67.7 Å². The van der Waals surface area contributed by atoms with Crippen LogP contribution < -0.4 is 5.32 Å². The zero-order chi connectivity index (χ0) is 19.1. The lowest BCUT2D eigenvalue weighted by molar-refractivity contribution is 0.0331. The number of fused-ring (bicyclic) bond motifs is 1. The average Bonchev–Trinajstić information content (AvgIpc) is 2.95. The fraction of sp³-hybridized carbons (Fsp3) is 0.684. The van der Waals surface area contributed by atoms with Gasteiger partial charge in [-0.05, 0) is 25.8 Å². The van der Waals surface area contributed by atoms with E-state index in [9.17, 15) is 0 Å². The minimum Gasteiger partial charge on any atom is -0.382 e. The number of morpholine rings is 1. The van der Waals surface area contributed by atoms with E-state index in [4.69, 9.17) is 24.2 Å². The number of ether oxygens (including phenoxy) is 3. The highest BCUT2D eigenvalue weighted by atomic mass is 32.1. The largest absolute Gasteiger partial charge is 0.382 e. The van der Waals surface area contributed by atoms with Gasteiger partial charge in [0, 0.05) is 38.2 Å². The van der Waals surface area contributed by atoms with Crippen LogP contribution in [0.15, 0.2) is 0 Å². The van der Waals surface area contributed by atoms with Crippen molar-refractivity contribution in [2.45, 2.75) is 26.8 Å². The van der Waals surface area contributed by atoms with Gasteiger partial charge in [0.15, 0.2) is 0 Å². The van der Waals surface area contributed by atoms with Gasteiger partial charge < -0.3 is 19.5 Å². The number of anilines is 1. The molecule has 0 saturated carbocycles. The Bertz CT molecular complexity index is 731. The lowest BCUT2D eigenvalue weighted by atomic mass is 10.2. The van der Waals surface area contributed by atoms with Crippen molar-refractivity contribution in [2.75, 3.05) is 65.1 Å². The number of hydrogen-bond donors (Lipinski definition) is 1. The Balaban J connectivity index is 1.67. The van der Waals surface area contributed by atoms with Crippen molar-refractivity contribution in [1.29, 1.82) is 0 Å². The van der Waals surface area contributed by atoms with Crippen LogP contribution in [0.3, 0.4) is 0 Å². The molecule has 0 atom stereocenters. The van der Waals surface area contributed by atoms with Crippen molar-refractivity contribution in [1.82, 2.24) is 14.9 Å². The van der Waals surface area contributed by atoms with Gasteiger partial charge in [-0.15, -0.1) is 11.3 Å². The zero-order valence-corrected chi connectivity index (χ0v) is 17.4. The van der Waals surface area contributed by atoms with Gasteiger partial charge in [0.05, 0.1) is 38.4 Å². The summed E-state index contributed by atoms with van der Waals surface area (Å²) in [4.78, 5) is 14.4. The van der Waals surface area contributed by atoms with E-state index in [0.29, 0.717) is 19.8 Å². The summed E-state index contributed by atoms with van der Waals surface area (Å²) in [6.45, 7) is 11.3. The van der Waals surface area contributed by atoms with Gasteiger partial charge in [0.2, 0.25) is 0 Å². The van der Waals surface area contributed by atoms with Crippen LogP contribution in [0.25, 0.3) is 10.2 Å². The third kappa shape index (κ3) is 5.58. The van der Waals surface area contributed by atoms with Gasteiger partial charge in [-0.2, -0.15) is 0 Å². The Morgan fingerprint density at radius 3 is 2.74 bits per heavy atom. The molecule has 3 rings (SSSR count). The van der Waals surface area contributed by atoms with Crippen LogP contribution in [0, 0.1) is 13.8 Å². The van der Waals surface area contributed by atoms with E-state index in [-0.39, 0.29) is 0 Å². The van der Waals surface area contributed by atoms with Crippen molar-refractivity contribution in [2.24, 2.45) is 0 Å². The molecule has 1 N–H and O–H groups in total. The molecule has 0 bridgehead atoms. The van der Waals surface area contributed by atoms with Crippen LogP contribution in [0.2, 0.25) is 0 Å². The first-order valence-corrected chi connectivity index (χ1v) is 10.4. The first-order chi connectivity index (χ1) is 13.2. The van der Waals surface area contributed by atoms with Gasteiger partial charge >= 0.3 is 0 Å². The summed E-state index contributed by atoms with van der Waals surface area (Å²) in [5.41, 5.74) is 1.27. The van der Waals surface area contributed by atoms with Crippen LogP contribution in [-0.2, 0) is 20.8 Å². The fourth-order valence-electron chi connectivity index (χ4n) is 3.08. The zero-order valence-electron chi connectivity index (χ0n) is 16.5. The fourth-order valence-corrected chi connectivity index (χ4v) is 4.13. The highest BCUT2D eigenvalue weighted by Crippen LogP contribution is 2.33. The summed E-state index contributed by atoms with van der Waals surface area (Å²) in [6.07, 6.45) is 0.927. The van der Waals surface area contributed by atoms with Crippen molar-refractivity contribution >= 4 is 27.4 Å². The molecule has 1 aliphatic heterocycles. The summed E-state index contributed by atoms with van der Waals surface area (Å²) in [7, 11) is 1.69.